The molecule has 4 heteroatoms. The number of ether oxygens (including phenoxy) is 1. The van der Waals surface area contributed by atoms with Gasteiger partial charge in [0.1, 0.15) is 0 Å². The summed E-state index contributed by atoms with van der Waals surface area (Å²) in [7, 11) is -0.292. The summed E-state index contributed by atoms with van der Waals surface area (Å²) in [5, 5.41) is 2.45. The van der Waals surface area contributed by atoms with Crippen LogP contribution < -0.4 is 0 Å². The molecule has 0 N–H and O–H groups in total. The molecule has 0 saturated carbocycles. The minimum atomic E-state index is -2.00. The van der Waals surface area contributed by atoms with Crippen LogP contribution in [-0.2, 0) is 4.74 Å². The van der Waals surface area contributed by atoms with Gasteiger partial charge >= 0.3 is 5.97 Å². The van der Waals surface area contributed by atoms with Crippen LogP contribution in [0.5, 0.6) is 0 Å². The van der Waals surface area contributed by atoms with Gasteiger partial charge < -0.3 is 4.74 Å². The second kappa shape index (κ2) is 6.22. The number of benzene rings is 3. The Morgan fingerprint density at radius 3 is 2.04 bits per heavy atom. The molecule has 130 valence electrons. The fourth-order valence-corrected chi connectivity index (χ4v) is 5.57. The van der Waals surface area contributed by atoms with E-state index in [9.17, 15) is 9.18 Å². The van der Waals surface area contributed by atoms with E-state index in [2.05, 4.69) is 24.3 Å². The van der Waals surface area contributed by atoms with Gasteiger partial charge in [-0.05, 0) is 36.4 Å². The van der Waals surface area contributed by atoms with E-state index in [-0.39, 0.29) is 10.5 Å². The first-order valence-corrected chi connectivity index (χ1v) is 9.61. The number of carbonyl (C=O) groups excluding carboxylic acids is 1. The van der Waals surface area contributed by atoms with Crippen LogP contribution in [0, 0.1) is 0 Å². The third-order valence-corrected chi connectivity index (χ3v) is 6.46. The lowest BCUT2D eigenvalue weighted by Crippen LogP contribution is -2.22. The molecule has 0 fully saturated rings. The maximum absolute atomic E-state index is 13.7. The van der Waals surface area contributed by atoms with E-state index >= 15 is 0 Å². The van der Waals surface area contributed by atoms with Crippen molar-refractivity contribution in [3.8, 4) is 4.90 Å². The lowest BCUT2D eigenvalue weighted by Gasteiger charge is -2.15. The topological polar surface area (TPSA) is 26.3 Å². The van der Waals surface area contributed by atoms with E-state index in [4.69, 9.17) is 4.74 Å². The van der Waals surface area contributed by atoms with Crippen molar-refractivity contribution in [3.63, 3.8) is 0 Å². The first kappa shape index (κ1) is 16.7. The van der Waals surface area contributed by atoms with Gasteiger partial charge in [0.05, 0.1) is 5.56 Å². The predicted octanol–water partition coefficient (Wildman–Crippen LogP) is 6.59. The van der Waals surface area contributed by atoms with Crippen molar-refractivity contribution < 1.29 is 13.9 Å². The highest BCUT2D eigenvalue weighted by molar-refractivity contribution is 7.50. The first-order chi connectivity index (χ1) is 12.4. The second-order valence-electron chi connectivity index (χ2n) is 6.58. The van der Waals surface area contributed by atoms with E-state index in [1.165, 1.54) is 34.0 Å². The van der Waals surface area contributed by atoms with Crippen molar-refractivity contribution in [1.29, 1.82) is 0 Å². The lowest BCUT2D eigenvalue weighted by atomic mass is 10.2. The largest absolute Gasteiger partial charge is 0.426 e. The Hall–Kier alpha value is -2.72. The Bertz CT molecular complexity index is 1070. The van der Waals surface area contributed by atoms with Gasteiger partial charge in [0.15, 0.2) is 14.3 Å². The van der Waals surface area contributed by atoms with E-state index in [1.54, 1.807) is 6.07 Å². The minimum absolute atomic E-state index is 0.292. The van der Waals surface area contributed by atoms with Gasteiger partial charge in [0.2, 0.25) is 5.85 Å². The van der Waals surface area contributed by atoms with Crippen LogP contribution in [0.4, 0.5) is 4.39 Å². The molecule has 2 nitrogen and oxygen atoms in total. The molecule has 26 heavy (non-hydrogen) atoms. The summed E-state index contributed by atoms with van der Waals surface area (Å²) in [6.45, 7) is 2.44. The third kappa shape index (κ3) is 2.97. The number of carbonyl (C=O) groups is 1. The third-order valence-electron chi connectivity index (χ3n) is 4.14. The van der Waals surface area contributed by atoms with E-state index < -0.39 is 11.8 Å². The first-order valence-electron chi connectivity index (χ1n) is 8.39. The Balaban J connectivity index is 1.91. The Labute approximate surface area is 153 Å². The molecule has 1 aromatic heterocycles. The van der Waals surface area contributed by atoms with Gasteiger partial charge in [-0.1, -0.05) is 30.3 Å². The van der Waals surface area contributed by atoms with Crippen LogP contribution in [0.25, 0.3) is 25.1 Å². The molecular weight excluding hydrogens is 347 g/mol. The zero-order chi connectivity index (χ0) is 18.3. The quantitative estimate of drug-likeness (QED) is 0.302. The maximum Gasteiger partial charge on any atom is 0.341 e. The molecule has 4 aromatic rings. The molecule has 0 atom stereocenters. The molecule has 0 radical (unpaired) electrons. The van der Waals surface area contributed by atoms with Gasteiger partial charge in [-0.25, -0.2) is 4.79 Å². The van der Waals surface area contributed by atoms with Crippen molar-refractivity contribution >= 4 is 36.6 Å². The van der Waals surface area contributed by atoms with Crippen LogP contribution in [0.2, 0.25) is 0 Å². The number of hydrogen-bond donors (Lipinski definition) is 0. The molecule has 0 aliphatic rings. The molecule has 1 heterocycles. The standard InChI is InChI=1S/C22H18FO2S/c1-22(2,23)25-21(24)15-8-7-9-16(14-15)26-19-12-5-3-10-17(19)18-11-4-6-13-20(18)26/h3-14H,1-2H3/q+1. The van der Waals surface area contributed by atoms with Gasteiger partial charge in [-0.2, -0.15) is 4.39 Å². The van der Waals surface area contributed by atoms with Crippen molar-refractivity contribution in [2.24, 2.45) is 0 Å². The van der Waals surface area contributed by atoms with Crippen LogP contribution in [0.3, 0.4) is 0 Å². The SMILES string of the molecule is CC(C)(F)OC(=O)c1cccc(-[s+]2c3ccccc3c3ccccc32)c1. The van der Waals surface area contributed by atoms with Gasteiger partial charge in [-0.15, -0.1) is 0 Å². The summed E-state index contributed by atoms with van der Waals surface area (Å²) in [6.07, 6.45) is 0. The number of hydrogen-bond acceptors (Lipinski definition) is 2. The highest BCUT2D eigenvalue weighted by atomic mass is 32.2. The van der Waals surface area contributed by atoms with Gasteiger partial charge in [0, 0.05) is 41.2 Å². The summed E-state index contributed by atoms with van der Waals surface area (Å²) in [4.78, 5) is 13.3. The number of esters is 1. The molecular formula is C22H18FO2S+. The summed E-state index contributed by atoms with van der Waals surface area (Å²) < 4.78 is 21.0. The van der Waals surface area contributed by atoms with Crippen molar-refractivity contribution in [2.45, 2.75) is 19.7 Å². The van der Waals surface area contributed by atoms with Crippen molar-refractivity contribution in [1.82, 2.24) is 0 Å². The molecule has 0 amide bonds. The Kier molecular flexibility index (Phi) is 4.00. The molecule has 0 bridgehead atoms. The van der Waals surface area contributed by atoms with E-state index in [0.717, 1.165) is 4.90 Å². The molecule has 0 spiro atoms. The molecule has 0 unspecified atom stereocenters. The Morgan fingerprint density at radius 1 is 0.885 bits per heavy atom. The second-order valence-corrected chi connectivity index (χ2v) is 8.54. The Morgan fingerprint density at radius 2 is 1.46 bits per heavy atom. The number of thiophene rings is 1. The van der Waals surface area contributed by atoms with Gasteiger partial charge in [0.25, 0.3) is 0 Å². The highest BCUT2D eigenvalue weighted by Crippen LogP contribution is 2.48. The smallest absolute Gasteiger partial charge is 0.341 e. The predicted molar refractivity (Wildman–Crippen MR) is 106 cm³/mol. The summed E-state index contributed by atoms with van der Waals surface area (Å²) in [6, 6.07) is 24.0. The van der Waals surface area contributed by atoms with Crippen LogP contribution >= 0.6 is 10.5 Å². The fourth-order valence-electron chi connectivity index (χ4n) is 3.14. The lowest BCUT2D eigenvalue weighted by molar-refractivity contribution is -0.0758. The molecule has 0 aliphatic heterocycles. The minimum Gasteiger partial charge on any atom is -0.426 e. The zero-order valence-corrected chi connectivity index (χ0v) is 15.3. The number of fused-ring (bicyclic) bond motifs is 3. The average Bonchev–Trinajstić information content (AvgIpc) is 2.95. The normalized spacial score (nSPS) is 11.8. The molecule has 3 aromatic carbocycles. The summed E-state index contributed by atoms with van der Waals surface area (Å²) in [5.41, 5.74) is 0.364. The monoisotopic (exact) mass is 365 g/mol. The van der Waals surface area contributed by atoms with Crippen molar-refractivity contribution in [3.05, 3.63) is 78.4 Å². The number of halogens is 1. The van der Waals surface area contributed by atoms with E-state index in [0.29, 0.717) is 5.56 Å². The fraction of sp³-hybridized carbons (Fsp3) is 0.136. The summed E-state index contributed by atoms with van der Waals surface area (Å²) >= 11 is 0. The van der Waals surface area contributed by atoms with Crippen LogP contribution in [-0.4, -0.2) is 11.8 Å². The highest BCUT2D eigenvalue weighted by Gasteiger charge is 2.26. The average molecular weight is 365 g/mol. The van der Waals surface area contributed by atoms with Crippen LogP contribution in [0.15, 0.2) is 72.8 Å². The van der Waals surface area contributed by atoms with Crippen LogP contribution in [0.1, 0.15) is 24.2 Å². The number of rotatable bonds is 3. The molecule has 4 rings (SSSR count). The number of alkyl halides is 1. The zero-order valence-electron chi connectivity index (χ0n) is 14.5. The van der Waals surface area contributed by atoms with Crippen molar-refractivity contribution in [2.75, 3.05) is 0 Å². The van der Waals surface area contributed by atoms with Gasteiger partial charge in [-0.3, -0.25) is 0 Å². The maximum atomic E-state index is 13.7. The molecule has 0 saturated heterocycles. The van der Waals surface area contributed by atoms with E-state index in [1.807, 2.05) is 42.5 Å². The summed E-state index contributed by atoms with van der Waals surface area (Å²) in [5.74, 6) is -2.65. The molecule has 0 aliphatic carbocycles.